The summed E-state index contributed by atoms with van der Waals surface area (Å²) in [5, 5.41) is 2.90. The van der Waals surface area contributed by atoms with Crippen LogP contribution in [0.25, 0.3) is 0 Å². The minimum absolute atomic E-state index is 0.0450. The van der Waals surface area contributed by atoms with Gasteiger partial charge in [-0.15, -0.1) is 0 Å². The van der Waals surface area contributed by atoms with Crippen LogP contribution in [0.4, 0.5) is 0 Å². The first-order valence-electron chi connectivity index (χ1n) is 5.30. The molecule has 0 amide bonds. The summed E-state index contributed by atoms with van der Waals surface area (Å²) in [6.07, 6.45) is -0.911. The van der Waals surface area contributed by atoms with E-state index in [0.717, 1.165) is 5.56 Å². The van der Waals surface area contributed by atoms with Gasteiger partial charge in [-0.25, -0.2) is 9.98 Å². The fourth-order valence-electron chi connectivity index (χ4n) is 1.49. The van der Waals surface area contributed by atoms with Gasteiger partial charge in [0.25, 0.3) is 0 Å². The van der Waals surface area contributed by atoms with Gasteiger partial charge < -0.3 is 5.32 Å². The van der Waals surface area contributed by atoms with Crippen molar-refractivity contribution in [3.05, 3.63) is 35.9 Å². The Morgan fingerprint density at radius 3 is 2.05 bits per heavy atom. The third-order valence-electron chi connectivity index (χ3n) is 2.35. The molecule has 0 radical (unpaired) electrons. The van der Waals surface area contributed by atoms with Gasteiger partial charge in [-0.3, -0.25) is 0 Å². The lowest BCUT2D eigenvalue weighted by Crippen LogP contribution is -2.47. The Hall–Kier alpha value is 0.100. The second-order valence-electron chi connectivity index (χ2n) is 3.87. The SMILES string of the molecule is ClC(Cl)(Cl)C1=NC(C(Cl)(Cl)Cl)NC(c2ccccc2)=N1. The van der Waals surface area contributed by atoms with Crippen LogP contribution in [-0.4, -0.2) is 25.4 Å². The van der Waals surface area contributed by atoms with Crippen LogP contribution in [0.3, 0.4) is 0 Å². The van der Waals surface area contributed by atoms with E-state index in [0.29, 0.717) is 5.84 Å². The van der Waals surface area contributed by atoms with Gasteiger partial charge in [0.2, 0.25) is 7.59 Å². The molecule has 0 bridgehead atoms. The summed E-state index contributed by atoms with van der Waals surface area (Å²) in [6.45, 7) is 0. The van der Waals surface area contributed by atoms with Crippen LogP contribution in [0, 0.1) is 0 Å². The number of amidine groups is 2. The summed E-state index contributed by atoms with van der Waals surface area (Å²) in [5.74, 6) is 0.370. The highest BCUT2D eigenvalue weighted by Crippen LogP contribution is 2.36. The fraction of sp³-hybridized carbons (Fsp3) is 0.273. The van der Waals surface area contributed by atoms with E-state index in [1.165, 1.54) is 0 Å². The van der Waals surface area contributed by atoms with Crippen molar-refractivity contribution >= 4 is 81.3 Å². The number of hydrogen-bond donors (Lipinski definition) is 1. The average molecular weight is 394 g/mol. The highest BCUT2D eigenvalue weighted by Gasteiger charge is 2.39. The average Bonchev–Trinajstić information content (AvgIpc) is 2.37. The Kier molecular flexibility index (Phi) is 5.00. The van der Waals surface area contributed by atoms with Crippen molar-refractivity contribution in [1.29, 1.82) is 0 Å². The molecule has 0 saturated carbocycles. The second-order valence-corrected chi connectivity index (χ2v) is 8.52. The molecule has 3 nitrogen and oxygen atoms in total. The van der Waals surface area contributed by atoms with E-state index in [1.807, 2.05) is 30.3 Å². The molecule has 1 aromatic rings. The molecule has 0 aliphatic carbocycles. The van der Waals surface area contributed by atoms with Crippen molar-refractivity contribution in [1.82, 2.24) is 5.32 Å². The monoisotopic (exact) mass is 391 g/mol. The lowest BCUT2D eigenvalue weighted by atomic mass is 10.2. The van der Waals surface area contributed by atoms with E-state index in [-0.39, 0.29) is 5.84 Å². The molecule has 0 spiro atoms. The molecular formula is C11H7Cl6N3. The lowest BCUT2D eigenvalue weighted by molar-refractivity contribution is 0.640. The molecule has 0 fully saturated rings. The van der Waals surface area contributed by atoms with Gasteiger partial charge in [0, 0.05) is 5.56 Å². The number of halogens is 6. The highest BCUT2D eigenvalue weighted by atomic mass is 35.6. The number of alkyl halides is 6. The maximum absolute atomic E-state index is 5.86. The van der Waals surface area contributed by atoms with Crippen LogP contribution in [-0.2, 0) is 0 Å². The third kappa shape index (κ3) is 4.06. The molecule has 0 aromatic heterocycles. The molecule has 1 heterocycles. The van der Waals surface area contributed by atoms with Crippen LogP contribution >= 0.6 is 69.6 Å². The molecule has 1 aromatic carbocycles. The van der Waals surface area contributed by atoms with Gasteiger partial charge in [-0.2, -0.15) is 0 Å². The molecule has 1 atom stereocenters. The zero-order valence-electron chi connectivity index (χ0n) is 9.63. The quantitative estimate of drug-likeness (QED) is 0.700. The van der Waals surface area contributed by atoms with E-state index in [4.69, 9.17) is 69.6 Å². The topological polar surface area (TPSA) is 36.8 Å². The van der Waals surface area contributed by atoms with Gasteiger partial charge in [-0.05, 0) is 0 Å². The maximum atomic E-state index is 5.86. The van der Waals surface area contributed by atoms with Gasteiger partial charge >= 0.3 is 0 Å². The van der Waals surface area contributed by atoms with Gasteiger partial charge in [-0.1, -0.05) is 99.9 Å². The Morgan fingerprint density at radius 2 is 1.55 bits per heavy atom. The van der Waals surface area contributed by atoms with Gasteiger partial charge in [0.05, 0.1) is 0 Å². The van der Waals surface area contributed by atoms with Crippen molar-refractivity contribution in [3.63, 3.8) is 0 Å². The van der Waals surface area contributed by atoms with Crippen LogP contribution in [0.1, 0.15) is 5.56 Å². The summed E-state index contributed by atoms with van der Waals surface area (Å²) in [4.78, 5) is 8.20. The largest absolute Gasteiger partial charge is 0.344 e. The fourth-order valence-corrected chi connectivity index (χ4v) is 2.07. The van der Waals surface area contributed by atoms with Gasteiger partial charge in [0.1, 0.15) is 5.84 Å². The molecular weight excluding hydrogens is 387 g/mol. The molecule has 2 rings (SSSR count). The zero-order valence-corrected chi connectivity index (χ0v) is 14.2. The molecule has 1 aliphatic rings. The normalized spacial score (nSPS) is 20.0. The molecule has 20 heavy (non-hydrogen) atoms. The summed E-state index contributed by atoms with van der Waals surface area (Å²) in [6, 6.07) is 9.18. The predicted octanol–water partition coefficient (Wildman–Crippen LogP) is 4.50. The molecule has 1 N–H and O–H groups in total. The summed E-state index contributed by atoms with van der Waals surface area (Å²) < 4.78 is -3.52. The van der Waals surface area contributed by atoms with E-state index < -0.39 is 13.8 Å². The maximum Gasteiger partial charge on any atom is 0.249 e. The molecule has 1 aliphatic heterocycles. The summed E-state index contributed by atoms with van der Waals surface area (Å²) in [5.41, 5.74) is 0.758. The van der Waals surface area contributed by atoms with Crippen LogP contribution < -0.4 is 5.32 Å². The summed E-state index contributed by atoms with van der Waals surface area (Å²) in [7, 11) is 0. The van der Waals surface area contributed by atoms with Crippen molar-refractivity contribution < 1.29 is 0 Å². The first-order chi connectivity index (χ1) is 9.18. The van der Waals surface area contributed by atoms with E-state index >= 15 is 0 Å². The van der Waals surface area contributed by atoms with Crippen molar-refractivity contribution in [2.45, 2.75) is 13.8 Å². The molecule has 108 valence electrons. The van der Waals surface area contributed by atoms with Crippen LogP contribution in [0.5, 0.6) is 0 Å². The second kappa shape index (κ2) is 6.07. The zero-order chi connectivity index (χ0) is 15.0. The number of hydrogen-bond acceptors (Lipinski definition) is 3. The van der Waals surface area contributed by atoms with Crippen molar-refractivity contribution in [3.8, 4) is 0 Å². The van der Waals surface area contributed by atoms with Crippen molar-refractivity contribution in [2.24, 2.45) is 9.98 Å². The predicted molar refractivity (Wildman–Crippen MR) is 87.9 cm³/mol. The van der Waals surface area contributed by atoms with E-state index in [2.05, 4.69) is 15.3 Å². The molecule has 1 unspecified atom stereocenters. The number of aliphatic imine (C=N–C) groups is 2. The standard InChI is InChI=1S/C11H7Cl6N3/c12-10(13,14)8-18-7(6-4-2-1-3-5-6)19-9(20-8)11(15,16)17/h1-5,8H,(H,18,19,20). The number of benzene rings is 1. The lowest BCUT2D eigenvalue weighted by Gasteiger charge is -2.29. The smallest absolute Gasteiger partial charge is 0.249 e. The molecule has 9 heteroatoms. The Labute approximate surface area is 145 Å². The van der Waals surface area contributed by atoms with Crippen LogP contribution in [0.15, 0.2) is 40.3 Å². The molecule has 0 saturated heterocycles. The highest BCUT2D eigenvalue weighted by molar-refractivity contribution is 6.77. The minimum atomic E-state index is -1.81. The Balaban J connectivity index is 2.44. The van der Waals surface area contributed by atoms with E-state index in [9.17, 15) is 0 Å². The van der Waals surface area contributed by atoms with Gasteiger partial charge in [0.15, 0.2) is 12.0 Å². The van der Waals surface area contributed by atoms with Crippen LogP contribution in [0.2, 0.25) is 0 Å². The first-order valence-corrected chi connectivity index (χ1v) is 7.57. The Morgan fingerprint density at radius 1 is 0.950 bits per heavy atom. The van der Waals surface area contributed by atoms with Crippen molar-refractivity contribution in [2.75, 3.05) is 0 Å². The third-order valence-corrected chi connectivity index (χ3v) is 3.48. The number of nitrogens with zero attached hydrogens (tertiary/aromatic N) is 2. The van der Waals surface area contributed by atoms with E-state index in [1.54, 1.807) is 0 Å². The Bertz CT molecular complexity index is 544. The summed E-state index contributed by atoms with van der Waals surface area (Å²) >= 11 is 35.0. The number of nitrogens with one attached hydrogen (secondary N) is 1. The first kappa shape index (κ1) is 16.5. The number of rotatable bonds is 1. The minimum Gasteiger partial charge on any atom is -0.344 e.